The van der Waals surface area contributed by atoms with Gasteiger partial charge in [-0.1, -0.05) is 59.9 Å². The number of esters is 1. The van der Waals surface area contributed by atoms with Crippen molar-refractivity contribution in [2.24, 2.45) is 4.99 Å². The van der Waals surface area contributed by atoms with Crippen molar-refractivity contribution < 1.29 is 13.9 Å². The topological polar surface area (TPSA) is 65.6 Å². The molecule has 0 amide bonds. The number of halogens is 2. The maximum atomic E-state index is 14.2. The quantitative estimate of drug-likeness (QED) is 0.151. The molecule has 5 aromatic rings. The summed E-state index contributed by atoms with van der Waals surface area (Å²) in [6, 6.07) is 22.8. The van der Waals surface area contributed by atoms with Crippen LogP contribution in [0, 0.1) is 30.2 Å². The number of hydrogen-bond donors (Lipinski definition) is 0. The van der Waals surface area contributed by atoms with E-state index in [0.717, 1.165) is 28.2 Å². The first-order valence-corrected chi connectivity index (χ1v) is 16.1. The fraction of sp³-hybridized carbons (Fsp3) is 0.171. The number of benzene rings is 3. The summed E-state index contributed by atoms with van der Waals surface area (Å²) in [6.07, 6.45) is 1.89. The molecule has 44 heavy (non-hydrogen) atoms. The molecule has 9 heteroatoms. The van der Waals surface area contributed by atoms with Gasteiger partial charge in [-0.3, -0.25) is 9.36 Å². The molecule has 0 bridgehead atoms. The summed E-state index contributed by atoms with van der Waals surface area (Å²) in [4.78, 5) is 33.1. The first-order valence-electron chi connectivity index (χ1n) is 14.2. The van der Waals surface area contributed by atoms with Gasteiger partial charge in [-0.15, -0.1) is 0 Å². The van der Waals surface area contributed by atoms with Gasteiger partial charge in [-0.05, 0) is 103 Å². The van der Waals surface area contributed by atoms with Crippen LogP contribution in [0.5, 0.6) is 0 Å². The van der Waals surface area contributed by atoms with Crippen molar-refractivity contribution in [1.29, 1.82) is 0 Å². The van der Waals surface area contributed by atoms with Crippen LogP contribution in [0.2, 0.25) is 0 Å². The number of carbonyl (C=O) groups excluding carboxylic acids is 1. The second kappa shape index (κ2) is 12.1. The van der Waals surface area contributed by atoms with Crippen LogP contribution in [0.4, 0.5) is 4.39 Å². The SMILES string of the molecule is CCOC(=O)C1=C(c2ccccc2)N=c2s/c(=C\c3cc(C)n(-c4ccc(C)c(I)c4)c3C)c(=O)n2[C@@H]1c1ccc(F)cc1. The molecule has 6 rings (SSSR count). The first kappa shape index (κ1) is 30.0. The van der Waals surface area contributed by atoms with E-state index in [0.29, 0.717) is 20.6 Å². The lowest BCUT2D eigenvalue weighted by Gasteiger charge is -2.25. The number of aryl methyl sites for hydroxylation is 2. The molecule has 3 heterocycles. The zero-order chi connectivity index (χ0) is 31.1. The van der Waals surface area contributed by atoms with Gasteiger partial charge in [-0.2, -0.15) is 0 Å². The number of carbonyl (C=O) groups is 1. The third kappa shape index (κ3) is 5.39. The second-order valence-electron chi connectivity index (χ2n) is 10.6. The minimum atomic E-state index is -0.856. The first-order chi connectivity index (χ1) is 21.2. The normalized spacial score (nSPS) is 14.9. The smallest absolute Gasteiger partial charge is 0.338 e. The molecule has 0 unspecified atom stereocenters. The Labute approximate surface area is 271 Å². The Morgan fingerprint density at radius 2 is 1.77 bits per heavy atom. The Morgan fingerprint density at radius 3 is 2.45 bits per heavy atom. The van der Waals surface area contributed by atoms with E-state index in [1.165, 1.54) is 37.2 Å². The summed E-state index contributed by atoms with van der Waals surface area (Å²) >= 11 is 3.61. The van der Waals surface area contributed by atoms with Crippen LogP contribution >= 0.6 is 33.9 Å². The van der Waals surface area contributed by atoms with E-state index in [1.807, 2.05) is 50.3 Å². The predicted octanol–water partition coefficient (Wildman–Crippen LogP) is 6.40. The highest BCUT2D eigenvalue weighted by molar-refractivity contribution is 14.1. The molecule has 1 aliphatic heterocycles. The van der Waals surface area contributed by atoms with Crippen LogP contribution in [0.15, 0.2) is 94.2 Å². The maximum Gasteiger partial charge on any atom is 0.338 e. The van der Waals surface area contributed by atoms with E-state index in [2.05, 4.69) is 58.3 Å². The number of hydrogen-bond acceptors (Lipinski definition) is 5. The van der Waals surface area contributed by atoms with Crippen molar-refractivity contribution >= 4 is 51.7 Å². The van der Waals surface area contributed by atoms with Crippen molar-refractivity contribution in [3.05, 3.63) is 147 Å². The lowest BCUT2D eigenvalue weighted by atomic mass is 9.93. The molecule has 3 aromatic carbocycles. The van der Waals surface area contributed by atoms with Gasteiger partial charge in [0.25, 0.3) is 5.56 Å². The Kier molecular flexibility index (Phi) is 8.26. The molecule has 6 nitrogen and oxygen atoms in total. The molecule has 1 aliphatic rings. The fourth-order valence-corrected chi connectivity index (χ4v) is 7.08. The number of thiazole rings is 1. The Hall–Kier alpha value is -4.09. The Bertz CT molecular complexity index is 2130. The van der Waals surface area contributed by atoms with E-state index in [4.69, 9.17) is 9.73 Å². The molecule has 222 valence electrons. The van der Waals surface area contributed by atoms with Crippen LogP contribution in [0.25, 0.3) is 17.5 Å². The molecule has 2 aromatic heterocycles. The molecule has 0 N–H and O–H groups in total. The summed E-state index contributed by atoms with van der Waals surface area (Å²) in [7, 11) is 0. The van der Waals surface area contributed by atoms with Crippen molar-refractivity contribution in [1.82, 2.24) is 9.13 Å². The van der Waals surface area contributed by atoms with Crippen LogP contribution < -0.4 is 14.9 Å². The molecule has 0 saturated heterocycles. The average molecular weight is 718 g/mol. The standard InChI is InChI=1S/C35H29FIN3O3S/c1-5-43-34(42)30-31(23-9-7-6-8-10-23)38-35-40(32(30)24-12-14-26(36)15-13-24)33(41)29(44-35)18-25-17-21(3)39(22(25)4)27-16-11-20(2)28(37)19-27/h6-19,32H,5H2,1-4H3/b29-18-/t32-/m1/s1. The number of rotatable bonds is 6. The van der Waals surface area contributed by atoms with Crippen molar-refractivity contribution in [2.45, 2.75) is 33.7 Å². The lowest BCUT2D eigenvalue weighted by molar-refractivity contribution is -0.138. The van der Waals surface area contributed by atoms with E-state index < -0.39 is 17.8 Å². The highest BCUT2D eigenvalue weighted by Crippen LogP contribution is 2.35. The highest BCUT2D eigenvalue weighted by Gasteiger charge is 2.35. The van der Waals surface area contributed by atoms with Crippen LogP contribution in [-0.4, -0.2) is 21.7 Å². The van der Waals surface area contributed by atoms with E-state index in [1.54, 1.807) is 19.1 Å². The van der Waals surface area contributed by atoms with Crippen molar-refractivity contribution in [2.75, 3.05) is 6.61 Å². The van der Waals surface area contributed by atoms with Gasteiger partial charge in [0.05, 0.1) is 28.5 Å². The number of nitrogens with zero attached hydrogens (tertiary/aromatic N) is 3. The monoisotopic (exact) mass is 717 g/mol. The summed E-state index contributed by atoms with van der Waals surface area (Å²) in [5.74, 6) is -0.986. The molecule has 0 spiro atoms. The summed E-state index contributed by atoms with van der Waals surface area (Å²) < 4.78 is 24.9. The molecule has 0 fully saturated rings. The fourth-order valence-electron chi connectivity index (χ4n) is 5.59. The van der Waals surface area contributed by atoms with Gasteiger partial charge < -0.3 is 9.30 Å². The summed E-state index contributed by atoms with van der Waals surface area (Å²) in [6.45, 7) is 8.06. The molecule has 0 aliphatic carbocycles. The lowest BCUT2D eigenvalue weighted by Crippen LogP contribution is -2.40. The second-order valence-corrected chi connectivity index (χ2v) is 12.7. The minimum Gasteiger partial charge on any atom is -0.463 e. The van der Waals surface area contributed by atoms with Gasteiger partial charge in [0.2, 0.25) is 0 Å². The third-order valence-electron chi connectivity index (χ3n) is 7.73. The van der Waals surface area contributed by atoms with Gasteiger partial charge in [0, 0.05) is 26.2 Å². The van der Waals surface area contributed by atoms with Gasteiger partial charge in [0.1, 0.15) is 5.82 Å². The van der Waals surface area contributed by atoms with Crippen LogP contribution in [-0.2, 0) is 9.53 Å². The largest absolute Gasteiger partial charge is 0.463 e. The minimum absolute atomic E-state index is 0.153. The van der Waals surface area contributed by atoms with Crippen molar-refractivity contribution in [3.8, 4) is 5.69 Å². The molecule has 1 atom stereocenters. The maximum absolute atomic E-state index is 14.2. The predicted molar refractivity (Wildman–Crippen MR) is 180 cm³/mol. The molecule has 0 saturated carbocycles. The molecular formula is C35H29FIN3O3S. The number of fused-ring (bicyclic) bond motifs is 1. The van der Waals surface area contributed by atoms with Crippen LogP contribution in [0.1, 0.15) is 46.6 Å². The molecule has 0 radical (unpaired) electrons. The van der Waals surface area contributed by atoms with Gasteiger partial charge >= 0.3 is 5.97 Å². The average Bonchev–Trinajstić information content (AvgIpc) is 3.48. The zero-order valence-corrected chi connectivity index (χ0v) is 27.6. The summed E-state index contributed by atoms with van der Waals surface area (Å²) in [5, 5.41) is 0. The van der Waals surface area contributed by atoms with Gasteiger partial charge in [-0.25, -0.2) is 14.2 Å². The van der Waals surface area contributed by atoms with E-state index >= 15 is 0 Å². The van der Waals surface area contributed by atoms with Crippen LogP contribution in [0.3, 0.4) is 0 Å². The van der Waals surface area contributed by atoms with E-state index in [9.17, 15) is 14.0 Å². The summed E-state index contributed by atoms with van der Waals surface area (Å²) in [5.41, 5.74) is 6.90. The third-order valence-corrected chi connectivity index (χ3v) is 9.88. The Morgan fingerprint density at radius 1 is 1.05 bits per heavy atom. The zero-order valence-electron chi connectivity index (χ0n) is 24.6. The van der Waals surface area contributed by atoms with Gasteiger partial charge in [0.15, 0.2) is 4.80 Å². The van der Waals surface area contributed by atoms with Crippen molar-refractivity contribution in [3.63, 3.8) is 0 Å². The number of ether oxygens (including phenoxy) is 1. The van der Waals surface area contributed by atoms with E-state index in [-0.39, 0.29) is 17.7 Å². The highest BCUT2D eigenvalue weighted by atomic mass is 127. The molecular weight excluding hydrogens is 688 g/mol. The Balaban J connectivity index is 1.59. The number of aromatic nitrogens is 2.